The zero-order valence-electron chi connectivity index (χ0n) is 11.5. The molecule has 20 heavy (non-hydrogen) atoms. The van der Waals surface area contributed by atoms with Crippen LogP contribution in [-0.4, -0.2) is 36.0 Å². The van der Waals surface area contributed by atoms with Gasteiger partial charge in [0.25, 0.3) is 0 Å². The average Bonchev–Trinajstić information content (AvgIpc) is 2.28. The molecule has 112 valence electrons. The van der Waals surface area contributed by atoms with E-state index in [9.17, 15) is 18.3 Å². The van der Waals surface area contributed by atoms with Gasteiger partial charge in [0.2, 0.25) is 0 Å². The molecule has 0 spiro atoms. The molecule has 1 aromatic rings. The Labute approximate surface area is 126 Å². The Hall–Kier alpha value is -0.920. The third-order valence-corrected chi connectivity index (χ3v) is 5.52. The van der Waals surface area contributed by atoms with Crippen molar-refractivity contribution in [3.05, 3.63) is 27.7 Å². The highest BCUT2D eigenvalue weighted by Gasteiger charge is 2.24. The van der Waals surface area contributed by atoms with Crippen LogP contribution < -0.4 is 0 Å². The van der Waals surface area contributed by atoms with Gasteiger partial charge in [-0.1, -0.05) is 15.9 Å². The molecule has 1 rings (SSSR count). The Bertz CT molecular complexity index is 629. The molecule has 0 fully saturated rings. The minimum atomic E-state index is -3.66. The molecule has 0 saturated carbocycles. The van der Waals surface area contributed by atoms with Crippen molar-refractivity contribution in [1.29, 1.82) is 0 Å². The van der Waals surface area contributed by atoms with Gasteiger partial charge in [-0.15, -0.1) is 0 Å². The molecule has 5 nitrogen and oxygen atoms in total. The maximum absolute atomic E-state index is 12.3. The number of aliphatic hydroxyl groups is 1. The lowest BCUT2D eigenvalue weighted by molar-refractivity contribution is 0.0695. The molecular weight excluding hydrogens is 348 g/mol. The number of carboxylic acids is 1. The highest BCUT2D eigenvalue weighted by Crippen LogP contribution is 2.27. The maximum Gasteiger partial charge on any atom is 0.335 e. The van der Waals surface area contributed by atoms with Crippen LogP contribution in [0.4, 0.5) is 0 Å². The van der Waals surface area contributed by atoms with Gasteiger partial charge in [0, 0.05) is 4.47 Å². The Balaban J connectivity index is 3.27. The van der Waals surface area contributed by atoms with Crippen LogP contribution >= 0.6 is 15.9 Å². The second-order valence-electron chi connectivity index (χ2n) is 5.27. The fraction of sp³-hybridized carbons (Fsp3) is 0.462. The van der Waals surface area contributed by atoms with E-state index in [0.29, 0.717) is 10.0 Å². The van der Waals surface area contributed by atoms with Crippen molar-refractivity contribution in [2.24, 2.45) is 0 Å². The quantitative estimate of drug-likeness (QED) is 0.836. The highest BCUT2D eigenvalue weighted by molar-refractivity contribution is 9.10. The van der Waals surface area contributed by atoms with Crippen LogP contribution in [0.2, 0.25) is 0 Å². The SMILES string of the molecule is Cc1c(Br)cc(C(=O)O)cc1S(=O)(=O)CCC(C)(C)O. The molecule has 0 aliphatic heterocycles. The summed E-state index contributed by atoms with van der Waals surface area (Å²) in [5, 5.41) is 18.6. The monoisotopic (exact) mass is 364 g/mol. The van der Waals surface area contributed by atoms with E-state index in [1.165, 1.54) is 19.9 Å². The molecule has 7 heteroatoms. The predicted octanol–water partition coefficient (Wildman–Crippen LogP) is 2.39. The number of sulfone groups is 1. The zero-order chi connectivity index (χ0) is 15.7. The van der Waals surface area contributed by atoms with Gasteiger partial charge in [-0.2, -0.15) is 0 Å². The summed E-state index contributed by atoms with van der Waals surface area (Å²) < 4.78 is 25.0. The lowest BCUT2D eigenvalue weighted by atomic mass is 10.1. The fourth-order valence-corrected chi connectivity index (χ4v) is 4.06. The number of benzene rings is 1. The average molecular weight is 365 g/mol. The van der Waals surface area contributed by atoms with Crippen LogP contribution in [0.3, 0.4) is 0 Å². The third kappa shape index (κ3) is 4.29. The van der Waals surface area contributed by atoms with E-state index in [0.717, 1.165) is 6.07 Å². The van der Waals surface area contributed by atoms with Crippen LogP contribution in [0, 0.1) is 6.92 Å². The number of hydrogen-bond donors (Lipinski definition) is 2. The van der Waals surface area contributed by atoms with Gasteiger partial charge in [0.1, 0.15) is 0 Å². The van der Waals surface area contributed by atoms with E-state index in [-0.39, 0.29) is 22.6 Å². The van der Waals surface area contributed by atoms with E-state index < -0.39 is 21.4 Å². The number of carbonyl (C=O) groups is 1. The lowest BCUT2D eigenvalue weighted by Crippen LogP contribution is -2.23. The maximum atomic E-state index is 12.3. The van der Waals surface area contributed by atoms with Crippen LogP contribution in [0.5, 0.6) is 0 Å². The first-order valence-electron chi connectivity index (χ1n) is 5.92. The van der Waals surface area contributed by atoms with E-state index in [1.807, 2.05) is 0 Å². The summed E-state index contributed by atoms with van der Waals surface area (Å²) in [4.78, 5) is 11.0. The number of halogens is 1. The second kappa shape index (κ2) is 5.83. The largest absolute Gasteiger partial charge is 0.478 e. The summed E-state index contributed by atoms with van der Waals surface area (Å²) >= 11 is 3.17. The van der Waals surface area contributed by atoms with E-state index in [1.54, 1.807) is 6.92 Å². The summed E-state index contributed by atoms with van der Waals surface area (Å²) in [5.74, 6) is -1.43. The normalized spacial score (nSPS) is 12.4. The van der Waals surface area contributed by atoms with Crippen molar-refractivity contribution in [3.8, 4) is 0 Å². The molecule has 0 heterocycles. The van der Waals surface area contributed by atoms with Gasteiger partial charge >= 0.3 is 5.97 Å². The lowest BCUT2D eigenvalue weighted by Gasteiger charge is -2.17. The van der Waals surface area contributed by atoms with Crippen molar-refractivity contribution in [2.45, 2.75) is 37.7 Å². The van der Waals surface area contributed by atoms with Crippen LogP contribution in [0.25, 0.3) is 0 Å². The smallest absolute Gasteiger partial charge is 0.335 e. The van der Waals surface area contributed by atoms with Crippen molar-refractivity contribution in [2.75, 3.05) is 5.75 Å². The Kier molecular flexibility index (Phi) is 4.99. The minimum absolute atomic E-state index is 0.0199. The number of aromatic carboxylic acids is 1. The molecule has 0 bridgehead atoms. The summed E-state index contributed by atoms with van der Waals surface area (Å²) in [6.07, 6.45) is 0.0731. The molecule has 2 N–H and O–H groups in total. The molecule has 0 aliphatic rings. The molecule has 0 unspecified atom stereocenters. The summed E-state index contributed by atoms with van der Waals surface area (Å²) in [6, 6.07) is 2.52. The van der Waals surface area contributed by atoms with Crippen LogP contribution in [0.1, 0.15) is 36.2 Å². The fourth-order valence-electron chi connectivity index (χ4n) is 1.59. The highest BCUT2D eigenvalue weighted by atomic mass is 79.9. The van der Waals surface area contributed by atoms with Gasteiger partial charge in [0.05, 0.1) is 21.8 Å². The van der Waals surface area contributed by atoms with Crippen molar-refractivity contribution in [1.82, 2.24) is 0 Å². The van der Waals surface area contributed by atoms with Crippen molar-refractivity contribution < 1.29 is 23.4 Å². The number of carboxylic acid groups (broad SMARTS) is 1. The minimum Gasteiger partial charge on any atom is -0.478 e. The van der Waals surface area contributed by atoms with Crippen molar-refractivity contribution in [3.63, 3.8) is 0 Å². The molecule has 0 atom stereocenters. The topological polar surface area (TPSA) is 91.7 Å². The van der Waals surface area contributed by atoms with Gasteiger partial charge in [-0.3, -0.25) is 0 Å². The number of hydrogen-bond acceptors (Lipinski definition) is 4. The van der Waals surface area contributed by atoms with E-state index in [2.05, 4.69) is 15.9 Å². The van der Waals surface area contributed by atoms with E-state index in [4.69, 9.17) is 5.11 Å². The molecular formula is C13H17BrO5S. The molecule has 0 aliphatic carbocycles. The van der Waals surface area contributed by atoms with Gasteiger partial charge in [-0.05, 0) is 44.9 Å². The first kappa shape index (κ1) is 17.1. The Morgan fingerprint density at radius 3 is 2.35 bits per heavy atom. The number of rotatable bonds is 5. The third-order valence-electron chi connectivity index (χ3n) is 2.86. The molecule has 1 aromatic carbocycles. The molecule has 0 saturated heterocycles. The predicted molar refractivity (Wildman–Crippen MR) is 78.8 cm³/mol. The first-order valence-corrected chi connectivity index (χ1v) is 8.37. The van der Waals surface area contributed by atoms with Gasteiger partial charge in [0.15, 0.2) is 9.84 Å². The van der Waals surface area contributed by atoms with Gasteiger partial charge in [-0.25, -0.2) is 13.2 Å². The Morgan fingerprint density at radius 1 is 1.35 bits per heavy atom. The molecule has 0 amide bonds. The van der Waals surface area contributed by atoms with Crippen LogP contribution in [0.15, 0.2) is 21.5 Å². The van der Waals surface area contributed by atoms with Gasteiger partial charge < -0.3 is 10.2 Å². The Morgan fingerprint density at radius 2 is 1.90 bits per heavy atom. The standard InChI is InChI=1S/C13H17BrO5S/c1-8-10(14)6-9(12(15)16)7-11(8)20(18,19)5-4-13(2,3)17/h6-7,17H,4-5H2,1-3H3,(H,15,16). The summed E-state index contributed by atoms with van der Waals surface area (Å²) in [5.41, 5.74) is -0.724. The second-order valence-corrected chi connectivity index (χ2v) is 8.20. The zero-order valence-corrected chi connectivity index (χ0v) is 13.9. The summed E-state index contributed by atoms with van der Waals surface area (Å²) in [7, 11) is -3.66. The van der Waals surface area contributed by atoms with E-state index >= 15 is 0 Å². The summed E-state index contributed by atoms with van der Waals surface area (Å²) in [6.45, 7) is 4.66. The molecule has 0 radical (unpaired) electrons. The van der Waals surface area contributed by atoms with Crippen molar-refractivity contribution >= 4 is 31.7 Å². The van der Waals surface area contributed by atoms with Crippen LogP contribution in [-0.2, 0) is 9.84 Å². The first-order chi connectivity index (χ1) is 8.94. The molecule has 0 aromatic heterocycles.